The molecule has 0 aliphatic rings. The number of nitrogens with one attached hydrogen (secondary N) is 4. The summed E-state index contributed by atoms with van der Waals surface area (Å²) in [6, 6.07) is 8.24. The Morgan fingerprint density at radius 1 is 0.559 bits per heavy atom. The molecule has 0 spiro atoms. The van der Waals surface area contributed by atoms with E-state index in [1.807, 2.05) is 12.1 Å². The van der Waals surface area contributed by atoms with E-state index in [4.69, 9.17) is 24.4 Å². The first kappa shape index (κ1) is 28.6. The second-order valence-electron chi connectivity index (χ2n) is 9.33. The fraction of sp³-hybridized carbons (Fsp3) is 0.643. The second kappa shape index (κ2) is 17.7. The quantitative estimate of drug-likeness (QED) is 0.116. The van der Waals surface area contributed by atoms with Crippen LogP contribution in [0.5, 0.6) is 0 Å². The third kappa shape index (κ3) is 11.2. The highest BCUT2D eigenvalue weighted by atomic mass is 32.1. The molecule has 2 aromatic rings. The molecular weight excluding hydrogens is 456 g/mol. The van der Waals surface area contributed by atoms with Gasteiger partial charge in [-0.3, -0.25) is 0 Å². The highest BCUT2D eigenvalue weighted by molar-refractivity contribution is 7.81. The number of rotatable bonds is 19. The van der Waals surface area contributed by atoms with Gasteiger partial charge in [0.1, 0.15) is 9.98 Å². The summed E-state index contributed by atoms with van der Waals surface area (Å²) in [4.78, 5) is 8.45. The Labute approximate surface area is 218 Å². The first-order valence-corrected chi connectivity index (χ1v) is 14.4. The van der Waals surface area contributed by atoms with Crippen LogP contribution in [0.4, 0.5) is 0 Å². The van der Waals surface area contributed by atoms with Gasteiger partial charge in [0.05, 0.1) is 22.8 Å². The van der Waals surface area contributed by atoms with Crippen LogP contribution in [0.25, 0.3) is 11.4 Å². The number of hydrogen-bond acceptors (Lipinski definition) is 2. The van der Waals surface area contributed by atoms with Gasteiger partial charge in [-0.05, 0) is 37.1 Å². The van der Waals surface area contributed by atoms with Crippen LogP contribution < -0.4 is 10.6 Å². The molecular formula is C28H46N4S2. The maximum Gasteiger partial charge on any atom is 0.123 e. The van der Waals surface area contributed by atoms with Crippen molar-refractivity contribution in [3.8, 4) is 11.4 Å². The molecule has 0 amide bonds. The highest BCUT2D eigenvalue weighted by Crippen LogP contribution is 2.18. The van der Waals surface area contributed by atoms with Gasteiger partial charge in [0.2, 0.25) is 0 Å². The van der Waals surface area contributed by atoms with Crippen molar-refractivity contribution in [1.29, 1.82) is 0 Å². The van der Waals surface area contributed by atoms with E-state index in [0.29, 0.717) is 0 Å². The predicted octanol–water partition coefficient (Wildman–Crippen LogP) is 8.04. The largest absolute Gasteiger partial charge is 0.375 e. The van der Waals surface area contributed by atoms with Crippen molar-refractivity contribution < 1.29 is 0 Å². The molecule has 4 N–H and O–H groups in total. The average Bonchev–Trinajstić information content (AvgIpc) is 3.52. The maximum atomic E-state index is 5.58. The van der Waals surface area contributed by atoms with Crippen LogP contribution in [0.15, 0.2) is 24.3 Å². The summed E-state index contributed by atoms with van der Waals surface area (Å²) in [6.07, 6.45) is 18.3. The summed E-state index contributed by atoms with van der Waals surface area (Å²) < 4.78 is 0. The summed E-state index contributed by atoms with van der Waals surface area (Å²) in [7, 11) is 0. The molecule has 190 valence electrons. The van der Waals surface area contributed by atoms with Crippen LogP contribution in [0.3, 0.4) is 0 Å². The number of unbranched alkanes of at least 4 members (excludes halogenated alkanes) is 12. The monoisotopic (exact) mass is 502 g/mol. The summed E-state index contributed by atoms with van der Waals surface area (Å²) in [5.74, 6) is 0. The van der Waals surface area contributed by atoms with Crippen molar-refractivity contribution in [2.75, 3.05) is 13.1 Å². The fourth-order valence-electron chi connectivity index (χ4n) is 4.13. The van der Waals surface area contributed by atoms with Gasteiger partial charge in [0.15, 0.2) is 0 Å². The molecule has 0 saturated carbocycles. The summed E-state index contributed by atoms with van der Waals surface area (Å²) in [6.45, 7) is 6.39. The van der Waals surface area contributed by atoms with Crippen molar-refractivity contribution in [2.45, 2.75) is 104 Å². The summed E-state index contributed by atoms with van der Waals surface area (Å²) in [5.41, 5.74) is 3.97. The molecule has 0 aliphatic carbocycles. The molecule has 0 saturated heterocycles. The highest BCUT2D eigenvalue weighted by Gasteiger charge is 2.09. The number of thiocarbonyl (C=S) groups is 2. The zero-order chi connectivity index (χ0) is 24.4. The molecule has 0 unspecified atom stereocenters. The second-order valence-corrected chi connectivity index (χ2v) is 10.1. The van der Waals surface area contributed by atoms with Gasteiger partial charge in [-0.25, -0.2) is 0 Å². The normalized spacial score (nSPS) is 11.0. The molecule has 0 radical (unpaired) electrons. The van der Waals surface area contributed by atoms with Crippen molar-refractivity contribution >= 4 is 34.4 Å². The Hall–Kier alpha value is -1.66. The van der Waals surface area contributed by atoms with Crippen LogP contribution in [0.1, 0.15) is 115 Å². The zero-order valence-corrected chi connectivity index (χ0v) is 23.1. The lowest BCUT2D eigenvalue weighted by molar-refractivity contribution is 0.586. The van der Waals surface area contributed by atoms with E-state index in [-0.39, 0.29) is 0 Å². The average molecular weight is 503 g/mol. The van der Waals surface area contributed by atoms with E-state index in [1.54, 1.807) is 0 Å². The standard InChI is InChI=1S/C28H46N4S2/c1-3-5-7-9-11-13-15-21-29-27(33)25-19-17-23(31-25)24-18-20-26(32-24)28(34)30-22-16-14-12-10-8-6-4-2/h17-20,31-32H,3-16,21-22H2,1-2H3,(H,29,33)(H,30,34). The fourth-order valence-corrected chi connectivity index (χ4v) is 4.57. The smallest absolute Gasteiger partial charge is 0.123 e. The summed E-state index contributed by atoms with van der Waals surface area (Å²) >= 11 is 11.2. The number of hydrogen-bond donors (Lipinski definition) is 4. The third-order valence-corrected chi connectivity index (χ3v) is 7.01. The molecule has 0 bridgehead atoms. The topological polar surface area (TPSA) is 55.6 Å². The number of aromatic amines is 2. The third-order valence-electron chi connectivity index (χ3n) is 6.28. The molecule has 0 fully saturated rings. The number of H-pyrrole nitrogens is 2. The van der Waals surface area contributed by atoms with Crippen LogP contribution in [0, 0.1) is 0 Å². The Morgan fingerprint density at radius 3 is 1.29 bits per heavy atom. The van der Waals surface area contributed by atoms with Gasteiger partial charge in [-0.2, -0.15) is 0 Å². The van der Waals surface area contributed by atoms with Crippen LogP contribution in [0.2, 0.25) is 0 Å². The lowest BCUT2D eigenvalue weighted by atomic mass is 10.1. The predicted molar refractivity (Wildman–Crippen MR) is 156 cm³/mol. The number of aromatic nitrogens is 2. The molecule has 6 heteroatoms. The lowest BCUT2D eigenvalue weighted by Gasteiger charge is -2.07. The van der Waals surface area contributed by atoms with Crippen molar-refractivity contribution in [1.82, 2.24) is 20.6 Å². The molecule has 4 nitrogen and oxygen atoms in total. The maximum absolute atomic E-state index is 5.58. The van der Waals surface area contributed by atoms with Crippen molar-refractivity contribution in [3.63, 3.8) is 0 Å². The molecule has 2 aromatic heterocycles. The van der Waals surface area contributed by atoms with Gasteiger partial charge < -0.3 is 20.6 Å². The van der Waals surface area contributed by atoms with Crippen molar-refractivity contribution in [3.05, 3.63) is 35.7 Å². The Morgan fingerprint density at radius 2 is 0.912 bits per heavy atom. The van der Waals surface area contributed by atoms with E-state index in [2.05, 4.69) is 46.6 Å². The van der Waals surface area contributed by atoms with Crippen LogP contribution in [-0.2, 0) is 0 Å². The Bertz CT molecular complexity index is 756. The minimum absolute atomic E-state index is 0.788. The molecule has 2 heterocycles. The van der Waals surface area contributed by atoms with E-state index >= 15 is 0 Å². The molecule has 0 aromatic carbocycles. The Kier molecular flexibility index (Phi) is 14.9. The van der Waals surface area contributed by atoms with Gasteiger partial charge in [-0.1, -0.05) is 115 Å². The van der Waals surface area contributed by atoms with E-state index < -0.39 is 0 Å². The molecule has 2 rings (SSSR count). The van der Waals surface area contributed by atoms with Gasteiger partial charge >= 0.3 is 0 Å². The Balaban J connectivity index is 1.67. The van der Waals surface area contributed by atoms with Gasteiger partial charge in [0, 0.05) is 13.1 Å². The molecule has 0 aliphatic heterocycles. The lowest BCUT2D eigenvalue weighted by Crippen LogP contribution is -2.23. The molecule has 0 atom stereocenters. The van der Waals surface area contributed by atoms with E-state index in [9.17, 15) is 0 Å². The zero-order valence-electron chi connectivity index (χ0n) is 21.4. The van der Waals surface area contributed by atoms with Crippen LogP contribution in [-0.4, -0.2) is 33.0 Å². The van der Waals surface area contributed by atoms with Crippen molar-refractivity contribution in [2.24, 2.45) is 0 Å². The van der Waals surface area contributed by atoms with Gasteiger partial charge in [-0.15, -0.1) is 0 Å². The first-order valence-electron chi connectivity index (χ1n) is 13.6. The first-order chi connectivity index (χ1) is 16.7. The van der Waals surface area contributed by atoms with E-state index in [0.717, 1.165) is 45.8 Å². The van der Waals surface area contributed by atoms with Gasteiger partial charge in [0.25, 0.3) is 0 Å². The summed E-state index contributed by atoms with van der Waals surface area (Å²) in [5, 5.41) is 6.79. The van der Waals surface area contributed by atoms with Crippen LogP contribution >= 0.6 is 24.4 Å². The minimum Gasteiger partial charge on any atom is -0.375 e. The molecule has 34 heavy (non-hydrogen) atoms. The minimum atomic E-state index is 0.788. The van der Waals surface area contributed by atoms with E-state index in [1.165, 1.54) is 89.9 Å². The SMILES string of the molecule is CCCCCCCCCNC(=S)c1ccc(-c2ccc(C(=S)NCCCCCCCCC)[nH]2)[nH]1.